The first-order chi connectivity index (χ1) is 11.1. The first kappa shape index (κ1) is 15.9. The van der Waals surface area contributed by atoms with Gasteiger partial charge in [-0.25, -0.2) is 9.67 Å². The molecule has 3 rings (SSSR count). The van der Waals surface area contributed by atoms with Crippen molar-refractivity contribution >= 4 is 11.8 Å². The molecule has 3 heterocycles. The summed E-state index contributed by atoms with van der Waals surface area (Å²) in [6.45, 7) is 2.11. The maximum absolute atomic E-state index is 12.5. The standard InChI is InChI=1S/C15H23N5O3/c16-14(22)15-17-10-20(18-15)11-4-3-6-19(9-11)13(21)8-12-5-1-2-7-23-12/h10-12H,1-9H2,(H2,16,22)/t11-,12+/m0/s1. The average molecular weight is 321 g/mol. The van der Waals surface area contributed by atoms with E-state index in [1.807, 2.05) is 4.90 Å². The lowest BCUT2D eigenvalue weighted by Crippen LogP contribution is -2.42. The topological polar surface area (TPSA) is 103 Å². The largest absolute Gasteiger partial charge is 0.378 e. The first-order valence-corrected chi connectivity index (χ1v) is 8.24. The number of hydrogen-bond acceptors (Lipinski definition) is 5. The number of piperidine rings is 1. The van der Waals surface area contributed by atoms with Gasteiger partial charge in [-0.1, -0.05) is 0 Å². The van der Waals surface area contributed by atoms with Crippen molar-refractivity contribution in [3.63, 3.8) is 0 Å². The lowest BCUT2D eigenvalue weighted by Gasteiger charge is -2.34. The Morgan fingerprint density at radius 1 is 1.30 bits per heavy atom. The fraction of sp³-hybridized carbons (Fsp3) is 0.733. The molecule has 0 aromatic carbocycles. The fourth-order valence-corrected chi connectivity index (χ4v) is 3.25. The molecule has 2 saturated heterocycles. The predicted molar refractivity (Wildman–Crippen MR) is 81.6 cm³/mol. The summed E-state index contributed by atoms with van der Waals surface area (Å²) in [6.07, 6.45) is 7.04. The molecule has 1 aromatic heterocycles. The number of nitrogens with two attached hydrogens (primary N) is 1. The van der Waals surface area contributed by atoms with Crippen LogP contribution in [0.2, 0.25) is 0 Å². The lowest BCUT2D eigenvalue weighted by molar-refractivity contribution is -0.136. The Bertz CT molecular complexity index is 567. The van der Waals surface area contributed by atoms with Crippen LogP contribution in [0.15, 0.2) is 6.33 Å². The third-order valence-corrected chi connectivity index (χ3v) is 4.53. The second-order valence-corrected chi connectivity index (χ2v) is 6.24. The summed E-state index contributed by atoms with van der Waals surface area (Å²) in [6, 6.07) is 0.0422. The Morgan fingerprint density at radius 2 is 2.17 bits per heavy atom. The van der Waals surface area contributed by atoms with Gasteiger partial charge in [-0.2, -0.15) is 0 Å². The monoisotopic (exact) mass is 321 g/mol. The zero-order chi connectivity index (χ0) is 16.2. The summed E-state index contributed by atoms with van der Waals surface area (Å²) >= 11 is 0. The molecule has 8 nitrogen and oxygen atoms in total. The molecule has 8 heteroatoms. The number of carbonyl (C=O) groups excluding carboxylic acids is 2. The van der Waals surface area contributed by atoms with Crippen LogP contribution < -0.4 is 5.73 Å². The second-order valence-electron chi connectivity index (χ2n) is 6.24. The molecule has 2 aliphatic heterocycles. The van der Waals surface area contributed by atoms with Gasteiger partial charge in [0.15, 0.2) is 0 Å². The maximum atomic E-state index is 12.5. The number of amides is 2. The minimum Gasteiger partial charge on any atom is -0.378 e. The normalized spacial score (nSPS) is 25.3. The molecule has 0 unspecified atom stereocenters. The first-order valence-electron chi connectivity index (χ1n) is 8.24. The van der Waals surface area contributed by atoms with Gasteiger partial charge in [-0.05, 0) is 32.1 Å². The number of likely N-dealkylation sites (tertiary alicyclic amines) is 1. The van der Waals surface area contributed by atoms with Gasteiger partial charge in [0, 0.05) is 19.7 Å². The van der Waals surface area contributed by atoms with Crippen LogP contribution in [0.1, 0.15) is 55.2 Å². The van der Waals surface area contributed by atoms with Crippen LogP contribution in [0.25, 0.3) is 0 Å². The Labute approximate surface area is 135 Å². The Balaban J connectivity index is 1.58. The molecule has 1 aromatic rings. The molecule has 0 saturated carbocycles. The van der Waals surface area contributed by atoms with Crippen LogP contribution in [0, 0.1) is 0 Å². The minimum absolute atomic E-state index is 0.0176. The molecule has 0 aliphatic carbocycles. The lowest BCUT2D eigenvalue weighted by atomic mass is 10.0. The number of ether oxygens (including phenoxy) is 1. The molecular weight excluding hydrogens is 298 g/mol. The van der Waals surface area contributed by atoms with Crippen LogP contribution in [-0.4, -0.2) is 57.3 Å². The zero-order valence-corrected chi connectivity index (χ0v) is 13.2. The van der Waals surface area contributed by atoms with Crippen molar-refractivity contribution < 1.29 is 14.3 Å². The van der Waals surface area contributed by atoms with E-state index in [-0.39, 0.29) is 23.9 Å². The van der Waals surface area contributed by atoms with E-state index in [4.69, 9.17) is 10.5 Å². The van der Waals surface area contributed by atoms with Crippen molar-refractivity contribution in [3.8, 4) is 0 Å². The summed E-state index contributed by atoms with van der Waals surface area (Å²) < 4.78 is 7.30. The molecule has 2 N–H and O–H groups in total. The van der Waals surface area contributed by atoms with Gasteiger partial charge in [0.1, 0.15) is 6.33 Å². The van der Waals surface area contributed by atoms with E-state index in [9.17, 15) is 9.59 Å². The Morgan fingerprint density at radius 3 is 2.87 bits per heavy atom. The SMILES string of the molecule is NC(=O)c1ncn([C@H]2CCCN(C(=O)C[C@H]3CCCCO3)C2)n1. The van der Waals surface area contributed by atoms with Crippen LogP contribution in [0.5, 0.6) is 0 Å². The van der Waals surface area contributed by atoms with Crippen LogP contribution in [0.3, 0.4) is 0 Å². The summed E-state index contributed by atoms with van der Waals surface area (Å²) in [5.41, 5.74) is 5.18. The van der Waals surface area contributed by atoms with Crippen molar-refractivity contribution in [2.24, 2.45) is 5.73 Å². The van der Waals surface area contributed by atoms with Gasteiger partial charge in [0.05, 0.1) is 18.6 Å². The van der Waals surface area contributed by atoms with Crippen LogP contribution >= 0.6 is 0 Å². The highest BCUT2D eigenvalue weighted by Crippen LogP contribution is 2.23. The van der Waals surface area contributed by atoms with E-state index >= 15 is 0 Å². The van der Waals surface area contributed by atoms with E-state index in [0.717, 1.165) is 45.3 Å². The van der Waals surface area contributed by atoms with Crippen LogP contribution in [0.4, 0.5) is 0 Å². The number of primary amides is 1. The Kier molecular flexibility index (Phi) is 4.90. The Hall–Kier alpha value is -1.96. The summed E-state index contributed by atoms with van der Waals surface area (Å²) in [5.74, 6) is -0.483. The van der Waals surface area contributed by atoms with Gasteiger partial charge in [0.25, 0.3) is 5.91 Å². The third kappa shape index (κ3) is 3.87. The molecule has 2 amide bonds. The second kappa shape index (κ2) is 7.08. The number of nitrogens with zero attached hydrogens (tertiary/aromatic N) is 4. The smallest absolute Gasteiger partial charge is 0.288 e. The van der Waals surface area contributed by atoms with E-state index in [1.165, 1.54) is 6.33 Å². The number of aromatic nitrogens is 3. The zero-order valence-electron chi connectivity index (χ0n) is 13.2. The fourth-order valence-electron chi connectivity index (χ4n) is 3.25. The molecule has 2 atom stereocenters. The highest BCUT2D eigenvalue weighted by Gasteiger charge is 2.28. The summed E-state index contributed by atoms with van der Waals surface area (Å²) in [5, 5.41) is 4.11. The molecule has 2 aliphatic rings. The van der Waals surface area contributed by atoms with Crippen molar-refractivity contribution in [1.29, 1.82) is 0 Å². The van der Waals surface area contributed by atoms with E-state index < -0.39 is 5.91 Å². The van der Waals surface area contributed by atoms with Gasteiger partial charge < -0.3 is 15.4 Å². The van der Waals surface area contributed by atoms with Crippen molar-refractivity contribution in [2.75, 3.05) is 19.7 Å². The quantitative estimate of drug-likeness (QED) is 0.869. The van der Waals surface area contributed by atoms with Gasteiger partial charge in [-0.15, -0.1) is 5.10 Å². The number of hydrogen-bond donors (Lipinski definition) is 1. The molecular formula is C15H23N5O3. The molecule has 126 valence electrons. The molecule has 0 spiro atoms. The van der Waals surface area contributed by atoms with Gasteiger partial charge >= 0.3 is 0 Å². The molecule has 2 fully saturated rings. The third-order valence-electron chi connectivity index (χ3n) is 4.53. The van der Waals surface area contributed by atoms with Crippen LogP contribution in [-0.2, 0) is 9.53 Å². The number of carbonyl (C=O) groups is 2. The number of rotatable bonds is 4. The molecule has 23 heavy (non-hydrogen) atoms. The van der Waals surface area contributed by atoms with E-state index in [2.05, 4.69) is 10.1 Å². The molecule has 0 radical (unpaired) electrons. The maximum Gasteiger partial charge on any atom is 0.288 e. The van der Waals surface area contributed by atoms with Crippen molar-refractivity contribution in [3.05, 3.63) is 12.2 Å². The minimum atomic E-state index is -0.637. The highest BCUT2D eigenvalue weighted by molar-refractivity contribution is 5.88. The van der Waals surface area contributed by atoms with Gasteiger partial charge in [0.2, 0.25) is 11.7 Å². The summed E-state index contributed by atoms with van der Waals surface area (Å²) in [7, 11) is 0. The highest BCUT2D eigenvalue weighted by atomic mass is 16.5. The van der Waals surface area contributed by atoms with Crippen molar-refractivity contribution in [1.82, 2.24) is 19.7 Å². The predicted octanol–water partition coefficient (Wildman–Crippen LogP) is 0.500. The van der Waals surface area contributed by atoms with E-state index in [1.54, 1.807) is 4.68 Å². The summed E-state index contributed by atoms with van der Waals surface area (Å²) in [4.78, 5) is 29.4. The average Bonchev–Trinajstić information content (AvgIpc) is 3.06. The molecule has 0 bridgehead atoms. The van der Waals surface area contributed by atoms with Crippen molar-refractivity contribution in [2.45, 2.75) is 50.7 Å². The van der Waals surface area contributed by atoms with Gasteiger partial charge in [-0.3, -0.25) is 9.59 Å². The van der Waals surface area contributed by atoms with E-state index in [0.29, 0.717) is 13.0 Å².